The predicted molar refractivity (Wildman–Crippen MR) is 104 cm³/mol. The minimum absolute atomic E-state index is 0.0985. The zero-order valence-corrected chi connectivity index (χ0v) is 14.9. The Labute approximate surface area is 162 Å². The lowest BCUT2D eigenvalue weighted by molar-refractivity contribution is 0.459. The summed E-state index contributed by atoms with van der Waals surface area (Å²) in [6.45, 7) is 0. The largest absolute Gasteiger partial charge is 0.493 e. The minimum atomic E-state index is -0.639. The number of nitriles is 1. The zero-order chi connectivity index (χ0) is 19.7. The van der Waals surface area contributed by atoms with Crippen LogP contribution in [0.5, 0.6) is 5.88 Å². The van der Waals surface area contributed by atoms with Crippen molar-refractivity contribution in [2.24, 2.45) is 10.2 Å². The third-order valence-electron chi connectivity index (χ3n) is 4.04. The average molecular weight is 391 g/mol. The highest BCUT2D eigenvalue weighted by Crippen LogP contribution is 2.35. The lowest BCUT2D eigenvalue weighted by Crippen LogP contribution is -2.13. The van der Waals surface area contributed by atoms with E-state index in [4.69, 9.17) is 11.6 Å². The second-order valence-electron chi connectivity index (χ2n) is 5.80. The van der Waals surface area contributed by atoms with Crippen LogP contribution in [0.1, 0.15) is 5.56 Å². The molecule has 0 saturated heterocycles. The first-order chi connectivity index (χ1) is 13.6. The maximum absolute atomic E-state index is 12.3. The molecule has 3 N–H and O–H groups in total. The summed E-state index contributed by atoms with van der Waals surface area (Å²) in [4.78, 5) is 21.7. The van der Waals surface area contributed by atoms with Crippen molar-refractivity contribution in [1.82, 2.24) is 15.0 Å². The van der Waals surface area contributed by atoms with Crippen molar-refractivity contribution >= 4 is 34.1 Å². The molecule has 0 fully saturated rings. The van der Waals surface area contributed by atoms with Crippen LogP contribution in [0.3, 0.4) is 0 Å². The second-order valence-corrected chi connectivity index (χ2v) is 6.24. The smallest absolute Gasteiger partial charge is 0.270 e. The number of benzene rings is 2. The Hall–Kier alpha value is -3.96. The third-order valence-corrected chi connectivity index (χ3v) is 4.29. The number of halogens is 1. The first kappa shape index (κ1) is 17.5. The van der Waals surface area contributed by atoms with E-state index in [1.54, 1.807) is 42.5 Å². The number of nitrogens with one attached hydrogen (secondary N) is 2. The summed E-state index contributed by atoms with van der Waals surface area (Å²) < 4.78 is 0. The van der Waals surface area contributed by atoms with Crippen LogP contribution in [-0.4, -0.2) is 20.1 Å². The molecule has 0 amide bonds. The van der Waals surface area contributed by atoms with Gasteiger partial charge in [0.05, 0.1) is 11.2 Å². The van der Waals surface area contributed by atoms with Crippen LogP contribution in [0.25, 0.3) is 22.2 Å². The van der Waals surface area contributed by atoms with Gasteiger partial charge in [-0.2, -0.15) is 5.26 Å². The molecule has 4 aromatic rings. The van der Waals surface area contributed by atoms with E-state index in [1.165, 1.54) is 0 Å². The monoisotopic (exact) mass is 390 g/mol. The molecule has 0 spiro atoms. The number of hydrogen-bond acceptors (Lipinski definition) is 6. The van der Waals surface area contributed by atoms with Gasteiger partial charge >= 0.3 is 0 Å². The Morgan fingerprint density at radius 3 is 2.57 bits per heavy atom. The number of azo groups is 1. The van der Waals surface area contributed by atoms with Gasteiger partial charge in [0.1, 0.15) is 11.6 Å². The Morgan fingerprint density at radius 1 is 1.07 bits per heavy atom. The standard InChI is InChI=1S/C19H11ClN6O2/c20-11-7-5-10(6-8-11)15-13(9-21)17(27)24-19(23-15)26-25-16-12-3-1-2-4-14(12)22-18(16)28/h1-8,22,28H,(H,23,24,27). The maximum Gasteiger partial charge on any atom is 0.270 e. The Kier molecular flexibility index (Phi) is 4.35. The van der Waals surface area contributed by atoms with Crippen LogP contribution in [0.15, 0.2) is 63.6 Å². The van der Waals surface area contributed by atoms with Crippen LogP contribution < -0.4 is 5.56 Å². The molecule has 2 aromatic heterocycles. The number of nitrogens with zero attached hydrogens (tertiary/aromatic N) is 4. The predicted octanol–water partition coefficient (Wildman–Crippen LogP) is 4.56. The van der Waals surface area contributed by atoms with Crippen molar-refractivity contribution in [3.8, 4) is 23.2 Å². The van der Waals surface area contributed by atoms with Crippen molar-refractivity contribution in [1.29, 1.82) is 5.26 Å². The second kappa shape index (κ2) is 6.98. The highest BCUT2D eigenvalue weighted by Gasteiger charge is 2.14. The lowest BCUT2D eigenvalue weighted by Gasteiger charge is -2.04. The fourth-order valence-corrected chi connectivity index (χ4v) is 2.87. The first-order valence-electron chi connectivity index (χ1n) is 8.08. The SMILES string of the molecule is N#Cc1c(-c2ccc(Cl)cc2)nc(N=Nc2c(O)[nH]c3ccccc23)[nH]c1=O. The first-order valence-corrected chi connectivity index (χ1v) is 8.46. The van der Waals surface area contributed by atoms with E-state index in [9.17, 15) is 15.2 Å². The van der Waals surface area contributed by atoms with Gasteiger partial charge in [-0.05, 0) is 18.2 Å². The summed E-state index contributed by atoms with van der Waals surface area (Å²) in [5, 5.41) is 28.5. The van der Waals surface area contributed by atoms with Gasteiger partial charge in [-0.1, -0.05) is 41.9 Å². The van der Waals surface area contributed by atoms with E-state index < -0.39 is 5.56 Å². The number of H-pyrrole nitrogens is 2. The summed E-state index contributed by atoms with van der Waals surface area (Å²) in [5.74, 6) is -0.252. The number of aromatic amines is 2. The van der Waals surface area contributed by atoms with Gasteiger partial charge in [-0.25, -0.2) is 4.98 Å². The molecule has 0 bridgehead atoms. The molecule has 0 atom stereocenters. The van der Waals surface area contributed by atoms with Crippen LogP contribution in [0, 0.1) is 11.3 Å². The van der Waals surface area contributed by atoms with E-state index >= 15 is 0 Å². The van der Waals surface area contributed by atoms with Gasteiger partial charge in [0.15, 0.2) is 5.69 Å². The third kappa shape index (κ3) is 3.11. The highest BCUT2D eigenvalue weighted by molar-refractivity contribution is 6.30. The molecule has 0 aliphatic heterocycles. The van der Waals surface area contributed by atoms with Gasteiger partial charge in [0.25, 0.3) is 5.56 Å². The molecule has 9 heteroatoms. The van der Waals surface area contributed by atoms with Crippen LogP contribution in [-0.2, 0) is 0 Å². The highest BCUT2D eigenvalue weighted by atomic mass is 35.5. The van der Waals surface area contributed by atoms with E-state index in [-0.39, 0.29) is 28.8 Å². The molecular weight excluding hydrogens is 380 g/mol. The van der Waals surface area contributed by atoms with Gasteiger partial charge in [0, 0.05) is 16.0 Å². The Morgan fingerprint density at radius 2 is 1.82 bits per heavy atom. The van der Waals surface area contributed by atoms with E-state index in [0.717, 1.165) is 0 Å². The number of fused-ring (bicyclic) bond motifs is 1. The van der Waals surface area contributed by atoms with Crippen molar-refractivity contribution in [3.05, 3.63) is 69.5 Å². The molecule has 8 nitrogen and oxygen atoms in total. The summed E-state index contributed by atoms with van der Waals surface area (Å²) in [5.41, 5.74) is 0.835. The van der Waals surface area contributed by atoms with E-state index in [2.05, 4.69) is 25.2 Å². The van der Waals surface area contributed by atoms with Crippen LogP contribution in [0.4, 0.5) is 11.6 Å². The summed E-state index contributed by atoms with van der Waals surface area (Å²) in [6, 6.07) is 15.6. The van der Waals surface area contributed by atoms with Gasteiger partial charge in [0.2, 0.25) is 11.8 Å². The molecule has 2 aromatic carbocycles. The normalized spacial score (nSPS) is 11.1. The van der Waals surface area contributed by atoms with Crippen molar-refractivity contribution in [2.75, 3.05) is 0 Å². The molecular formula is C19H11ClN6O2. The number of hydrogen-bond donors (Lipinski definition) is 3. The summed E-state index contributed by atoms with van der Waals surface area (Å²) in [6.07, 6.45) is 0. The average Bonchev–Trinajstić information content (AvgIpc) is 3.01. The number of aromatic nitrogens is 3. The Balaban J connectivity index is 1.81. The molecule has 2 heterocycles. The van der Waals surface area contributed by atoms with E-state index in [0.29, 0.717) is 21.5 Å². The lowest BCUT2D eigenvalue weighted by atomic mass is 10.1. The minimum Gasteiger partial charge on any atom is -0.493 e. The van der Waals surface area contributed by atoms with Crippen molar-refractivity contribution < 1.29 is 5.11 Å². The van der Waals surface area contributed by atoms with Gasteiger partial charge < -0.3 is 10.1 Å². The van der Waals surface area contributed by atoms with Crippen molar-refractivity contribution in [3.63, 3.8) is 0 Å². The van der Waals surface area contributed by atoms with Crippen molar-refractivity contribution in [2.45, 2.75) is 0 Å². The maximum atomic E-state index is 12.3. The number of para-hydroxylation sites is 1. The summed E-state index contributed by atoms with van der Waals surface area (Å²) >= 11 is 5.89. The molecule has 0 radical (unpaired) electrons. The fourth-order valence-electron chi connectivity index (χ4n) is 2.74. The molecule has 28 heavy (non-hydrogen) atoms. The molecule has 0 unspecified atom stereocenters. The fraction of sp³-hybridized carbons (Fsp3) is 0. The van der Waals surface area contributed by atoms with E-state index in [1.807, 2.05) is 12.1 Å². The van der Waals surface area contributed by atoms with Crippen LogP contribution in [0.2, 0.25) is 5.02 Å². The topological polar surface area (TPSA) is 130 Å². The summed E-state index contributed by atoms with van der Waals surface area (Å²) in [7, 11) is 0. The quantitative estimate of drug-likeness (QED) is 0.442. The molecule has 136 valence electrons. The van der Waals surface area contributed by atoms with Gasteiger partial charge in [-0.15, -0.1) is 10.2 Å². The molecule has 0 aliphatic carbocycles. The molecule has 4 rings (SSSR count). The van der Waals surface area contributed by atoms with Gasteiger partial charge in [-0.3, -0.25) is 9.78 Å². The Bertz CT molecular complexity index is 1320. The molecule has 0 saturated carbocycles. The zero-order valence-electron chi connectivity index (χ0n) is 14.1. The number of rotatable bonds is 3. The molecule has 0 aliphatic rings. The van der Waals surface area contributed by atoms with Crippen LogP contribution >= 0.6 is 11.6 Å². The number of aromatic hydroxyl groups is 1.